The fourth-order valence-corrected chi connectivity index (χ4v) is 2.71. The number of aliphatic hydroxyl groups excluding tert-OH is 1. The molecular formula is C15H15FOS. The van der Waals surface area contributed by atoms with Crippen molar-refractivity contribution in [3.05, 3.63) is 58.9 Å². The van der Waals surface area contributed by atoms with Crippen molar-refractivity contribution in [3.63, 3.8) is 0 Å². The van der Waals surface area contributed by atoms with Crippen LogP contribution in [0.25, 0.3) is 0 Å². The van der Waals surface area contributed by atoms with Crippen LogP contribution in [0.1, 0.15) is 16.7 Å². The van der Waals surface area contributed by atoms with Gasteiger partial charge in [0.15, 0.2) is 0 Å². The first-order valence-electron chi connectivity index (χ1n) is 5.74. The Kier molecular flexibility index (Phi) is 4.04. The molecule has 1 nitrogen and oxygen atoms in total. The Morgan fingerprint density at radius 2 is 1.78 bits per heavy atom. The minimum atomic E-state index is -0.312. The predicted molar refractivity (Wildman–Crippen MR) is 72.4 cm³/mol. The molecule has 0 aliphatic rings. The summed E-state index contributed by atoms with van der Waals surface area (Å²) < 4.78 is 13.3. The molecule has 0 aromatic heterocycles. The zero-order chi connectivity index (χ0) is 13.1. The van der Waals surface area contributed by atoms with Crippen molar-refractivity contribution in [2.45, 2.75) is 30.2 Å². The average Bonchev–Trinajstić information content (AvgIpc) is 2.33. The molecule has 0 atom stereocenters. The van der Waals surface area contributed by atoms with Crippen LogP contribution >= 0.6 is 11.8 Å². The van der Waals surface area contributed by atoms with E-state index in [0.29, 0.717) is 5.56 Å². The lowest BCUT2D eigenvalue weighted by Gasteiger charge is -2.06. The first-order valence-corrected chi connectivity index (χ1v) is 6.55. The van der Waals surface area contributed by atoms with Crippen LogP contribution in [0.2, 0.25) is 0 Å². The third kappa shape index (κ3) is 3.12. The Bertz CT molecular complexity index is 566. The normalized spacial score (nSPS) is 10.7. The van der Waals surface area contributed by atoms with Crippen LogP contribution in [0.15, 0.2) is 46.2 Å². The Hall–Kier alpha value is -1.32. The zero-order valence-electron chi connectivity index (χ0n) is 10.4. The molecule has 3 heteroatoms. The van der Waals surface area contributed by atoms with Gasteiger partial charge in [0.05, 0.1) is 6.61 Å². The molecule has 0 saturated carbocycles. The summed E-state index contributed by atoms with van der Waals surface area (Å²) in [5.74, 6) is -0.312. The fraction of sp³-hybridized carbons (Fsp3) is 0.200. The summed E-state index contributed by atoms with van der Waals surface area (Å²) in [5, 5.41) is 9.06. The van der Waals surface area contributed by atoms with E-state index in [9.17, 15) is 4.39 Å². The third-order valence-corrected chi connectivity index (χ3v) is 3.79. The molecule has 0 saturated heterocycles. The molecule has 0 heterocycles. The highest BCUT2D eigenvalue weighted by atomic mass is 32.2. The smallest absolute Gasteiger partial charge is 0.124 e. The first kappa shape index (κ1) is 13.1. The maximum absolute atomic E-state index is 13.3. The van der Waals surface area contributed by atoms with E-state index >= 15 is 0 Å². The second-order valence-corrected chi connectivity index (χ2v) is 5.45. The molecular weight excluding hydrogens is 247 g/mol. The third-order valence-electron chi connectivity index (χ3n) is 2.83. The number of hydrogen-bond acceptors (Lipinski definition) is 2. The summed E-state index contributed by atoms with van der Waals surface area (Å²) in [6, 6.07) is 10.8. The van der Waals surface area contributed by atoms with Crippen LogP contribution in [0, 0.1) is 19.7 Å². The Labute approximate surface area is 111 Å². The van der Waals surface area contributed by atoms with Crippen molar-refractivity contribution in [3.8, 4) is 0 Å². The van der Waals surface area contributed by atoms with Gasteiger partial charge in [-0.3, -0.25) is 0 Å². The molecule has 1 N–H and O–H groups in total. The number of aryl methyl sites for hydroxylation is 2. The van der Waals surface area contributed by atoms with Gasteiger partial charge >= 0.3 is 0 Å². The summed E-state index contributed by atoms with van der Waals surface area (Å²) >= 11 is 1.50. The molecule has 0 unspecified atom stereocenters. The largest absolute Gasteiger partial charge is 0.392 e. The van der Waals surface area contributed by atoms with Crippen molar-refractivity contribution < 1.29 is 9.50 Å². The van der Waals surface area contributed by atoms with Gasteiger partial charge < -0.3 is 5.11 Å². The van der Waals surface area contributed by atoms with Gasteiger partial charge in [0.25, 0.3) is 0 Å². The fourth-order valence-electron chi connectivity index (χ4n) is 1.68. The van der Waals surface area contributed by atoms with Crippen LogP contribution in [-0.2, 0) is 6.61 Å². The number of rotatable bonds is 3. The first-order chi connectivity index (χ1) is 8.58. The van der Waals surface area contributed by atoms with Crippen molar-refractivity contribution >= 4 is 11.8 Å². The lowest BCUT2D eigenvalue weighted by Crippen LogP contribution is -1.87. The van der Waals surface area contributed by atoms with Crippen LogP contribution < -0.4 is 0 Å². The Morgan fingerprint density at radius 3 is 2.44 bits per heavy atom. The van der Waals surface area contributed by atoms with E-state index in [1.807, 2.05) is 12.1 Å². The number of benzene rings is 2. The van der Waals surface area contributed by atoms with Gasteiger partial charge in [0, 0.05) is 9.79 Å². The molecule has 2 aromatic carbocycles. The minimum Gasteiger partial charge on any atom is -0.392 e. The highest BCUT2D eigenvalue weighted by Crippen LogP contribution is 2.30. The van der Waals surface area contributed by atoms with Gasteiger partial charge in [-0.2, -0.15) is 0 Å². The molecule has 0 aliphatic heterocycles. The predicted octanol–water partition coefficient (Wildman–Crippen LogP) is 4.09. The summed E-state index contributed by atoms with van der Waals surface area (Å²) in [4.78, 5) is 1.88. The van der Waals surface area contributed by atoms with E-state index in [4.69, 9.17) is 5.11 Å². The van der Waals surface area contributed by atoms with Crippen molar-refractivity contribution in [1.82, 2.24) is 0 Å². The molecule has 94 valence electrons. The molecule has 0 amide bonds. The number of halogens is 1. The van der Waals surface area contributed by atoms with Gasteiger partial charge in [-0.05, 0) is 60.9 Å². The monoisotopic (exact) mass is 262 g/mol. The van der Waals surface area contributed by atoms with E-state index in [2.05, 4.69) is 26.0 Å². The molecule has 0 bridgehead atoms. The summed E-state index contributed by atoms with van der Waals surface area (Å²) in [7, 11) is 0. The molecule has 0 fully saturated rings. The molecule has 0 aliphatic carbocycles. The highest BCUT2D eigenvalue weighted by Gasteiger charge is 2.03. The number of hydrogen-bond donors (Lipinski definition) is 1. The van der Waals surface area contributed by atoms with Gasteiger partial charge in [-0.15, -0.1) is 0 Å². The zero-order valence-corrected chi connectivity index (χ0v) is 11.2. The maximum atomic E-state index is 13.3. The second kappa shape index (κ2) is 5.55. The van der Waals surface area contributed by atoms with Gasteiger partial charge in [-0.1, -0.05) is 17.8 Å². The quantitative estimate of drug-likeness (QED) is 0.899. The minimum absolute atomic E-state index is 0.141. The van der Waals surface area contributed by atoms with Crippen LogP contribution in [-0.4, -0.2) is 5.11 Å². The highest BCUT2D eigenvalue weighted by molar-refractivity contribution is 7.99. The summed E-state index contributed by atoms with van der Waals surface area (Å²) in [5.41, 5.74) is 3.06. The molecule has 18 heavy (non-hydrogen) atoms. The van der Waals surface area contributed by atoms with Crippen LogP contribution in [0.3, 0.4) is 0 Å². The molecule has 2 aromatic rings. The SMILES string of the molecule is Cc1ccc(Sc2cc(F)cc(CO)c2)cc1C. The van der Waals surface area contributed by atoms with Crippen molar-refractivity contribution in [1.29, 1.82) is 0 Å². The number of aliphatic hydroxyl groups is 1. The van der Waals surface area contributed by atoms with Crippen LogP contribution in [0.4, 0.5) is 4.39 Å². The van der Waals surface area contributed by atoms with Gasteiger partial charge in [-0.25, -0.2) is 4.39 Å². The Morgan fingerprint density at radius 1 is 1.00 bits per heavy atom. The van der Waals surface area contributed by atoms with Gasteiger partial charge in [0.1, 0.15) is 5.82 Å². The standard InChI is InChI=1S/C15H15FOS/c1-10-3-4-14(5-11(10)2)18-15-7-12(9-17)6-13(16)8-15/h3-8,17H,9H2,1-2H3. The van der Waals surface area contributed by atoms with E-state index in [1.165, 1.54) is 35.0 Å². The molecule has 0 spiro atoms. The van der Waals surface area contributed by atoms with E-state index in [0.717, 1.165) is 9.79 Å². The molecule has 2 rings (SSSR count). The second-order valence-electron chi connectivity index (χ2n) is 4.30. The summed E-state index contributed by atoms with van der Waals surface area (Å²) in [6.07, 6.45) is 0. The maximum Gasteiger partial charge on any atom is 0.124 e. The topological polar surface area (TPSA) is 20.2 Å². The average molecular weight is 262 g/mol. The Balaban J connectivity index is 2.27. The molecule has 0 radical (unpaired) electrons. The van der Waals surface area contributed by atoms with E-state index < -0.39 is 0 Å². The van der Waals surface area contributed by atoms with Crippen molar-refractivity contribution in [2.75, 3.05) is 0 Å². The summed E-state index contributed by atoms with van der Waals surface area (Å²) in [6.45, 7) is 3.98. The van der Waals surface area contributed by atoms with E-state index in [-0.39, 0.29) is 12.4 Å². The van der Waals surface area contributed by atoms with E-state index in [1.54, 1.807) is 0 Å². The van der Waals surface area contributed by atoms with Crippen LogP contribution in [0.5, 0.6) is 0 Å². The lowest BCUT2D eigenvalue weighted by molar-refractivity contribution is 0.281. The van der Waals surface area contributed by atoms with Gasteiger partial charge in [0.2, 0.25) is 0 Å². The van der Waals surface area contributed by atoms with Crippen molar-refractivity contribution in [2.24, 2.45) is 0 Å². The lowest BCUT2D eigenvalue weighted by atomic mass is 10.1.